The van der Waals surface area contributed by atoms with E-state index in [1.807, 2.05) is 0 Å². The van der Waals surface area contributed by atoms with E-state index in [0.29, 0.717) is 20.6 Å². The molecule has 1 atom stereocenters. The van der Waals surface area contributed by atoms with Crippen LogP contribution in [0.4, 0.5) is 5.13 Å². The molecular formula is C13H10N2O4S2. The number of anilines is 1. The number of aromatic nitrogens is 1. The van der Waals surface area contributed by atoms with Gasteiger partial charge in [-0.15, -0.1) is 11.3 Å². The Hall–Kier alpha value is -2.06. The Kier molecular flexibility index (Phi) is 3.56. The van der Waals surface area contributed by atoms with Gasteiger partial charge in [0.05, 0.1) is 21.4 Å². The van der Waals surface area contributed by atoms with Crippen LogP contribution in [-0.4, -0.2) is 27.8 Å². The first-order valence-corrected chi connectivity index (χ1v) is 7.85. The van der Waals surface area contributed by atoms with Gasteiger partial charge >= 0.3 is 5.97 Å². The van der Waals surface area contributed by atoms with Gasteiger partial charge in [-0.1, -0.05) is 17.4 Å². The van der Waals surface area contributed by atoms with Crippen molar-refractivity contribution in [2.75, 3.05) is 5.32 Å². The van der Waals surface area contributed by atoms with Gasteiger partial charge in [-0.05, 0) is 11.4 Å². The van der Waals surface area contributed by atoms with E-state index in [4.69, 9.17) is 5.11 Å². The number of fused-ring (bicyclic) bond motifs is 1. The Morgan fingerprint density at radius 2 is 2.19 bits per heavy atom. The fourth-order valence-corrected chi connectivity index (χ4v) is 3.68. The molecule has 2 heterocycles. The largest absolute Gasteiger partial charge is 0.481 e. The number of hydrogen-bond acceptors (Lipinski definition) is 6. The summed E-state index contributed by atoms with van der Waals surface area (Å²) in [5.74, 6) is -2.23. The number of rotatable bonds is 3. The number of aliphatic carboxylic acids is 1. The summed E-state index contributed by atoms with van der Waals surface area (Å²) < 4.78 is 0. The number of nitrogens with zero attached hydrogens (tertiary/aromatic N) is 1. The highest BCUT2D eigenvalue weighted by molar-refractivity contribution is 7.18. The van der Waals surface area contributed by atoms with Gasteiger partial charge < -0.3 is 5.11 Å². The quantitative estimate of drug-likeness (QED) is 0.903. The second-order valence-electron chi connectivity index (χ2n) is 4.59. The molecule has 1 amide bonds. The van der Waals surface area contributed by atoms with Crippen molar-refractivity contribution < 1.29 is 19.5 Å². The fourth-order valence-electron chi connectivity index (χ4n) is 2.12. The van der Waals surface area contributed by atoms with E-state index >= 15 is 0 Å². The minimum atomic E-state index is -0.994. The lowest BCUT2D eigenvalue weighted by Crippen LogP contribution is -2.25. The molecule has 8 heteroatoms. The SMILES string of the molecule is O=C(Nc1nc2c(s1)C(=O)C[C@H](C(=O)O)C2)c1cccs1. The van der Waals surface area contributed by atoms with Crippen LogP contribution in [0, 0.1) is 5.92 Å². The van der Waals surface area contributed by atoms with Crippen molar-refractivity contribution in [3.05, 3.63) is 33.0 Å². The highest BCUT2D eigenvalue weighted by Gasteiger charge is 2.33. The molecule has 0 aliphatic heterocycles. The van der Waals surface area contributed by atoms with Crippen LogP contribution in [0.15, 0.2) is 17.5 Å². The van der Waals surface area contributed by atoms with Crippen molar-refractivity contribution in [3.63, 3.8) is 0 Å². The average Bonchev–Trinajstić information content (AvgIpc) is 3.06. The molecule has 0 bridgehead atoms. The highest BCUT2D eigenvalue weighted by Crippen LogP contribution is 2.32. The molecular weight excluding hydrogens is 312 g/mol. The molecule has 3 rings (SSSR count). The van der Waals surface area contributed by atoms with E-state index in [9.17, 15) is 14.4 Å². The Morgan fingerprint density at radius 3 is 2.86 bits per heavy atom. The molecule has 2 N–H and O–H groups in total. The normalized spacial score (nSPS) is 17.3. The second-order valence-corrected chi connectivity index (χ2v) is 6.54. The van der Waals surface area contributed by atoms with Crippen LogP contribution >= 0.6 is 22.7 Å². The second kappa shape index (κ2) is 5.38. The van der Waals surface area contributed by atoms with E-state index in [1.54, 1.807) is 17.5 Å². The molecule has 0 spiro atoms. The van der Waals surface area contributed by atoms with Crippen molar-refractivity contribution >= 4 is 45.5 Å². The van der Waals surface area contributed by atoms with Crippen molar-refractivity contribution in [3.8, 4) is 0 Å². The monoisotopic (exact) mass is 322 g/mol. The highest BCUT2D eigenvalue weighted by atomic mass is 32.1. The summed E-state index contributed by atoms with van der Waals surface area (Å²) in [6.07, 6.45) is 0.213. The Labute approximate surface area is 127 Å². The van der Waals surface area contributed by atoms with Crippen molar-refractivity contribution in [2.45, 2.75) is 12.8 Å². The summed E-state index contributed by atoms with van der Waals surface area (Å²) >= 11 is 2.41. The van der Waals surface area contributed by atoms with Crippen LogP contribution in [0.1, 0.15) is 31.5 Å². The zero-order valence-corrected chi connectivity index (χ0v) is 12.3. The van der Waals surface area contributed by atoms with Crippen LogP contribution in [0.3, 0.4) is 0 Å². The summed E-state index contributed by atoms with van der Waals surface area (Å²) in [4.78, 5) is 40.1. The van der Waals surface area contributed by atoms with Gasteiger partial charge in [0, 0.05) is 12.8 Å². The van der Waals surface area contributed by atoms with Crippen LogP contribution in [0.5, 0.6) is 0 Å². The molecule has 0 unspecified atom stereocenters. The number of hydrogen-bond donors (Lipinski definition) is 2. The number of thiophene rings is 1. The topological polar surface area (TPSA) is 96.4 Å². The minimum absolute atomic E-state index is 0.0111. The molecule has 1 aliphatic carbocycles. The standard InChI is InChI=1S/C13H10N2O4S2/c16-8-5-6(12(18)19)4-7-10(8)21-13(14-7)15-11(17)9-2-1-3-20-9/h1-3,6H,4-5H2,(H,18,19)(H,14,15,17)/t6-/m1/s1. The number of carbonyl (C=O) groups is 3. The summed E-state index contributed by atoms with van der Waals surface area (Å²) in [5.41, 5.74) is 0.463. The Morgan fingerprint density at radius 1 is 1.38 bits per heavy atom. The summed E-state index contributed by atoms with van der Waals surface area (Å²) in [6, 6.07) is 3.46. The number of nitrogens with one attached hydrogen (secondary N) is 1. The number of amides is 1. The molecule has 2 aromatic heterocycles. The lowest BCUT2D eigenvalue weighted by Gasteiger charge is -2.15. The van der Waals surface area contributed by atoms with Gasteiger partial charge in [0.15, 0.2) is 10.9 Å². The fraction of sp³-hybridized carbons (Fsp3) is 0.231. The molecule has 0 saturated carbocycles. The van der Waals surface area contributed by atoms with Gasteiger partial charge in [-0.2, -0.15) is 0 Å². The Bertz CT molecular complexity index is 721. The van der Waals surface area contributed by atoms with Gasteiger partial charge in [0.25, 0.3) is 5.91 Å². The minimum Gasteiger partial charge on any atom is -0.481 e. The third-order valence-corrected chi connectivity index (χ3v) is 5.06. The summed E-state index contributed by atoms with van der Waals surface area (Å²) in [6.45, 7) is 0. The number of thiazole rings is 1. The van der Waals surface area contributed by atoms with Gasteiger partial charge in [-0.25, -0.2) is 4.98 Å². The maximum Gasteiger partial charge on any atom is 0.307 e. The maximum atomic E-state index is 11.9. The van der Waals surface area contributed by atoms with Crippen molar-refractivity contribution in [1.29, 1.82) is 0 Å². The zero-order valence-electron chi connectivity index (χ0n) is 10.7. The number of carbonyl (C=O) groups excluding carboxylic acids is 2. The molecule has 21 heavy (non-hydrogen) atoms. The number of ketones is 1. The predicted octanol–water partition coefficient (Wildman–Crippen LogP) is 2.29. The maximum absolute atomic E-state index is 11.9. The smallest absolute Gasteiger partial charge is 0.307 e. The molecule has 0 fully saturated rings. The summed E-state index contributed by atoms with van der Waals surface area (Å²) in [5, 5.41) is 13.8. The molecule has 2 aromatic rings. The lowest BCUT2D eigenvalue weighted by molar-refractivity contribution is -0.141. The number of carboxylic acid groups (broad SMARTS) is 1. The number of Topliss-reactive ketones (excluding diaryl/α,β-unsaturated/α-hetero) is 1. The molecule has 108 valence electrons. The van der Waals surface area contributed by atoms with E-state index < -0.39 is 11.9 Å². The first kappa shape index (κ1) is 13.9. The lowest BCUT2D eigenvalue weighted by atomic mass is 9.90. The van der Waals surface area contributed by atoms with E-state index in [-0.39, 0.29) is 24.5 Å². The molecule has 6 nitrogen and oxygen atoms in total. The third kappa shape index (κ3) is 2.72. The molecule has 0 aromatic carbocycles. The Balaban J connectivity index is 1.81. The van der Waals surface area contributed by atoms with E-state index in [0.717, 1.165) is 11.3 Å². The van der Waals surface area contributed by atoms with Crippen LogP contribution in [-0.2, 0) is 11.2 Å². The average molecular weight is 322 g/mol. The van der Waals surface area contributed by atoms with Gasteiger partial charge in [0.1, 0.15) is 0 Å². The molecule has 0 saturated heterocycles. The summed E-state index contributed by atoms with van der Waals surface area (Å²) in [7, 11) is 0. The van der Waals surface area contributed by atoms with Crippen molar-refractivity contribution in [2.24, 2.45) is 5.92 Å². The van der Waals surface area contributed by atoms with Gasteiger partial charge in [0.2, 0.25) is 0 Å². The van der Waals surface area contributed by atoms with Gasteiger partial charge in [-0.3, -0.25) is 19.7 Å². The molecule has 1 aliphatic rings. The van der Waals surface area contributed by atoms with Crippen LogP contribution < -0.4 is 5.32 Å². The first-order chi connectivity index (χ1) is 10.0. The number of carboxylic acids is 1. The van der Waals surface area contributed by atoms with Crippen LogP contribution in [0.2, 0.25) is 0 Å². The molecule has 0 radical (unpaired) electrons. The first-order valence-electron chi connectivity index (χ1n) is 6.15. The third-order valence-electron chi connectivity index (χ3n) is 3.14. The van der Waals surface area contributed by atoms with E-state index in [1.165, 1.54) is 11.3 Å². The van der Waals surface area contributed by atoms with Crippen molar-refractivity contribution in [1.82, 2.24) is 4.98 Å². The van der Waals surface area contributed by atoms with Crippen LogP contribution in [0.25, 0.3) is 0 Å². The predicted molar refractivity (Wildman–Crippen MR) is 78.2 cm³/mol. The van der Waals surface area contributed by atoms with E-state index in [2.05, 4.69) is 10.3 Å². The zero-order chi connectivity index (χ0) is 15.0.